The number of nitrogens with one attached hydrogen (secondary N) is 1. The summed E-state index contributed by atoms with van der Waals surface area (Å²) in [5.74, 6) is 1.67. The number of hydrogen-bond acceptors (Lipinski definition) is 2. The van der Waals surface area contributed by atoms with Crippen molar-refractivity contribution in [3.8, 4) is 11.5 Å². The second-order valence-corrected chi connectivity index (χ2v) is 4.97. The van der Waals surface area contributed by atoms with Gasteiger partial charge in [0.05, 0.1) is 4.47 Å². The van der Waals surface area contributed by atoms with E-state index in [-0.39, 0.29) is 0 Å². The molecule has 0 fully saturated rings. The van der Waals surface area contributed by atoms with Crippen molar-refractivity contribution in [1.29, 1.82) is 0 Å². The number of ether oxygens (including phenoxy) is 1. The molecule has 0 amide bonds. The van der Waals surface area contributed by atoms with Crippen LogP contribution in [0.3, 0.4) is 0 Å². The second kappa shape index (κ2) is 6.03. The molecule has 2 nitrogen and oxygen atoms in total. The number of para-hydroxylation sites is 1. The van der Waals surface area contributed by atoms with Crippen molar-refractivity contribution in [3.63, 3.8) is 0 Å². The van der Waals surface area contributed by atoms with Gasteiger partial charge in [0.25, 0.3) is 0 Å². The van der Waals surface area contributed by atoms with Gasteiger partial charge in [-0.05, 0) is 59.7 Å². The summed E-state index contributed by atoms with van der Waals surface area (Å²) < 4.78 is 6.83. The molecular formula is C15H16BrNO. The molecule has 18 heavy (non-hydrogen) atoms. The molecular weight excluding hydrogens is 290 g/mol. The molecule has 3 heteroatoms. The number of benzene rings is 2. The topological polar surface area (TPSA) is 21.3 Å². The molecule has 0 aliphatic heterocycles. The van der Waals surface area contributed by atoms with Gasteiger partial charge in [-0.3, -0.25) is 0 Å². The minimum Gasteiger partial charge on any atom is -0.456 e. The summed E-state index contributed by atoms with van der Waals surface area (Å²) in [7, 11) is 1.95. The molecule has 2 rings (SSSR count). The van der Waals surface area contributed by atoms with E-state index in [9.17, 15) is 0 Å². The number of halogens is 1. The molecule has 1 atom stereocenters. The van der Waals surface area contributed by atoms with Gasteiger partial charge in [0.1, 0.15) is 11.5 Å². The van der Waals surface area contributed by atoms with Crippen LogP contribution in [-0.2, 0) is 0 Å². The third-order valence-corrected chi connectivity index (χ3v) is 3.51. The Morgan fingerprint density at radius 3 is 2.61 bits per heavy atom. The third kappa shape index (κ3) is 3.12. The minimum absolute atomic E-state index is 0.313. The molecule has 0 heterocycles. The zero-order valence-corrected chi connectivity index (χ0v) is 12.1. The summed E-state index contributed by atoms with van der Waals surface area (Å²) in [6.07, 6.45) is 0. The maximum absolute atomic E-state index is 5.87. The Morgan fingerprint density at radius 1 is 1.11 bits per heavy atom. The lowest BCUT2D eigenvalue weighted by Gasteiger charge is -2.13. The molecule has 1 N–H and O–H groups in total. The van der Waals surface area contributed by atoms with Gasteiger partial charge >= 0.3 is 0 Å². The van der Waals surface area contributed by atoms with Crippen molar-refractivity contribution < 1.29 is 4.74 Å². The van der Waals surface area contributed by atoms with Gasteiger partial charge in [0, 0.05) is 6.04 Å². The van der Waals surface area contributed by atoms with E-state index < -0.39 is 0 Å². The molecule has 2 aromatic rings. The van der Waals surface area contributed by atoms with Crippen molar-refractivity contribution in [1.82, 2.24) is 5.32 Å². The summed E-state index contributed by atoms with van der Waals surface area (Å²) in [5.41, 5.74) is 1.21. The average molecular weight is 306 g/mol. The van der Waals surface area contributed by atoms with Crippen LogP contribution < -0.4 is 10.1 Å². The zero-order chi connectivity index (χ0) is 13.0. The van der Waals surface area contributed by atoms with Gasteiger partial charge in [0.15, 0.2) is 0 Å². The van der Waals surface area contributed by atoms with Crippen LogP contribution >= 0.6 is 15.9 Å². The van der Waals surface area contributed by atoms with Gasteiger partial charge in [-0.25, -0.2) is 0 Å². The van der Waals surface area contributed by atoms with Crippen molar-refractivity contribution >= 4 is 15.9 Å². The van der Waals surface area contributed by atoms with E-state index in [2.05, 4.69) is 40.3 Å². The molecule has 1 unspecified atom stereocenters. The molecule has 2 aromatic carbocycles. The number of hydrogen-bond donors (Lipinski definition) is 1. The molecule has 0 saturated carbocycles. The van der Waals surface area contributed by atoms with E-state index in [1.165, 1.54) is 5.56 Å². The second-order valence-electron chi connectivity index (χ2n) is 4.12. The highest BCUT2D eigenvalue weighted by Crippen LogP contribution is 2.30. The van der Waals surface area contributed by atoms with E-state index in [1.54, 1.807) is 0 Å². The monoisotopic (exact) mass is 305 g/mol. The van der Waals surface area contributed by atoms with E-state index >= 15 is 0 Å². The predicted octanol–water partition coefficient (Wildman–Crippen LogP) is 4.52. The van der Waals surface area contributed by atoms with Gasteiger partial charge in [-0.15, -0.1) is 0 Å². The highest BCUT2D eigenvalue weighted by molar-refractivity contribution is 9.10. The first kappa shape index (κ1) is 13.1. The van der Waals surface area contributed by atoms with E-state index in [4.69, 9.17) is 4.74 Å². The summed E-state index contributed by atoms with van der Waals surface area (Å²) in [5, 5.41) is 3.22. The highest BCUT2D eigenvalue weighted by atomic mass is 79.9. The maximum Gasteiger partial charge on any atom is 0.141 e. The molecule has 0 aliphatic rings. The first-order valence-electron chi connectivity index (χ1n) is 5.90. The Kier molecular flexibility index (Phi) is 4.39. The van der Waals surface area contributed by atoms with Crippen molar-refractivity contribution in [3.05, 3.63) is 58.6 Å². The zero-order valence-electron chi connectivity index (χ0n) is 10.5. The van der Waals surface area contributed by atoms with Crippen LogP contribution in [0, 0.1) is 0 Å². The van der Waals surface area contributed by atoms with E-state index in [1.807, 2.05) is 43.4 Å². The summed E-state index contributed by atoms with van der Waals surface area (Å²) in [6, 6.07) is 16.3. The van der Waals surface area contributed by atoms with Crippen LogP contribution in [0.2, 0.25) is 0 Å². The first-order valence-corrected chi connectivity index (χ1v) is 6.69. The normalized spacial score (nSPS) is 12.2. The van der Waals surface area contributed by atoms with E-state index in [0.29, 0.717) is 6.04 Å². The lowest BCUT2D eigenvalue weighted by molar-refractivity contribution is 0.477. The fourth-order valence-corrected chi connectivity index (χ4v) is 2.03. The smallest absolute Gasteiger partial charge is 0.141 e. The third-order valence-electron chi connectivity index (χ3n) is 2.86. The lowest BCUT2D eigenvalue weighted by Crippen LogP contribution is -2.11. The Hall–Kier alpha value is -1.32. The molecule has 0 bridgehead atoms. The summed E-state index contributed by atoms with van der Waals surface area (Å²) in [6.45, 7) is 2.12. The minimum atomic E-state index is 0.313. The Balaban J connectivity index is 2.22. The summed E-state index contributed by atoms with van der Waals surface area (Å²) >= 11 is 3.48. The largest absolute Gasteiger partial charge is 0.456 e. The molecule has 0 saturated heterocycles. The Morgan fingerprint density at radius 2 is 1.89 bits per heavy atom. The molecule has 0 aromatic heterocycles. The summed E-state index contributed by atoms with van der Waals surface area (Å²) in [4.78, 5) is 0. The van der Waals surface area contributed by atoms with Crippen LogP contribution in [0.5, 0.6) is 11.5 Å². The molecule has 0 aliphatic carbocycles. The lowest BCUT2D eigenvalue weighted by atomic mass is 10.1. The van der Waals surface area contributed by atoms with E-state index in [0.717, 1.165) is 16.0 Å². The van der Waals surface area contributed by atoms with Gasteiger partial charge in [-0.1, -0.05) is 24.3 Å². The fourth-order valence-electron chi connectivity index (χ4n) is 1.67. The van der Waals surface area contributed by atoms with Crippen molar-refractivity contribution in [2.75, 3.05) is 7.05 Å². The Bertz CT molecular complexity index is 527. The van der Waals surface area contributed by atoms with Crippen LogP contribution in [0.1, 0.15) is 18.5 Å². The highest BCUT2D eigenvalue weighted by Gasteiger charge is 2.05. The molecule has 94 valence electrons. The van der Waals surface area contributed by atoms with Gasteiger partial charge < -0.3 is 10.1 Å². The van der Waals surface area contributed by atoms with Crippen LogP contribution in [-0.4, -0.2) is 7.05 Å². The van der Waals surface area contributed by atoms with Crippen molar-refractivity contribution in [2.45, 2.75) is 13.0 Å². The first-order chi connectivity index (χ1) is 8.70. The van der Waals surface area contributed by atoms with Crippen LogP contribution in [0.25, 0.3) is 0 Å². The van der Waals surface area contributed by atoms with Crippen LogP contribution in [0.4, 0.5) is 0 Å². The Labute approximate surface area is 116 Å². The SMILES string of the molecule is CNC(C)c1cccc(Oc2ccccc2Br)c1. The maximum atomic E-state index is 5.87. The predicted molar refractivity (Wildman–Crippen MR) is 78.1 cm³/mol. The molecule has 0 radical (unpaired) electrons. The van der Waals surface area contributed by atoms with Crippen LogP contribution in [0.15, 0.2) is 53.0 Å². The standard InChI is InChI=1S/C15H16BrNO/c1-11(17-2)12-6-5-7-13(10-12)18-15-9-4-3-8-14(15)16/h3-11,17H,1-2H3. The number of rotatable bonds is 4. The quantitative estimate of drug-likeness (QED) is 0.896. The fraction of sp³-hybridized carbons (Fsp3) is 0.200. The average Bonchev–Trinajstić information content (AvgIpc) is 2.41. The van der Waals surface area contributed by atoms with Crippen molar-refractivity contribution in [2.24, 2.45) is 0 Å². The molecule has 0 spiro atoms. The van der Waals surface area contributed by atoms with Gasteiger partial charge in [0.2, 0.25) is 0 Å². The van der Waals surface area contributed by atoms with Gasteiger partial charge in [-0.2, -0.15) is 0 Å².